The first-order valence-corrected chi connectivity index (χ1v) is 9.26. The molecule has 1 heterocycles. The SMILES string of the molecule is CC[C@@H](SC)[C@H](NN1CCC[C@H]1COC)[C]1[CH][CH][CH][C]1C. The van der Waals surface area contributed by atoms with Crippen LogP contribution < -0.4 is 5.43 Å². The zero-order valence-corrected chi connectivity index (χ0v) is 14.6. The van der Waals surface area contributed by atoms with E-state index in [2.05, 4.69) is 49.8 Å². The van der Waals surface area contributed by atoms with Gasteiger partial charge in [0.2, 0.25) is 0 Å². The quantitative estimate of drug-likeness (QED) is 0.745. The van der Waals surface area contributed by atoms with E-state index in [1.165, 1.54) is 31.1 Å². The van der Waals surface area contributed by atoms with Crippen LogP contribution in [-0.4, -0.2) is 48.9 Å². The molecule has 2 rings (SSSR count). The standard InChI is InChI=1S/C17H29N2OS/c1-5-16(21-4)17(15-10-6-8-13(15)2)18-19-11-7-9-14(19)12-20-3/h6,8,10,14,16-18H,5,7,9,11-12H2,1-4H3/t14-,16+,17+/m0/s1. The molecule has 4 heteroatoms. The third-order valence-corrected chi connectivity index (χ3v) is 5.74. The molecule has 0 bridgehead atoms. The van der Waals surface area contributed by atoms with Crippen LogP contribution in [0.2, 0.25) is 0 Å². The molecule has 2 aliphatic rings. The van der Waals surface area contributed by atoms with Gasteiger partial charge in [-0.3, -0.25) is 5.43 Å². The Labute approximate surface area is 135 Å². The van der Waals surface area contributed by atoms with Crippen molar-refractivity contribution in [3.8, 4) is 0 Å². The summed E-state index contributed by atoms with van der Waals surface area (Å²) in [5.41, 5.74) is 3.83. The molecular weight excluding hydrogens is 280 g/mol. The van der Waals surface area contributed by atoms with Gasteiger partial charge in [-0.25, -0.2) is 5.01 Å². The third kappa shape index (κ3) is 4.37. The van der Waals surface area contributed by atoms with Crippen molar-refractivity contribution in [1.29, 1.82) is 0 Å². The number of hydrogen-bond acceptors (Lipinski definition) is 4. The van der Waals surface area contributed by atoms with Crippen molar-refractivity contribution < 1.29 is 4.74 Å². The van der Waals surface area contributed by atoms with Gasteiger partial charge in [0.05, 0.1) is 6.61 Å². The molecule has 5 radical (unpaired) electrons. The number of hydrazine groups is 1. The normalized spacial score (nSPS) is 28.3. The summed E-state index contributed by atoms with van der Waals surface area (Å²) in [6.45, 7) is 6.43. The van der Waals surface area contributed by atoms with Gasteiger partial charge in [-0.05, 0) is 50.7 Å². The summed E-state index contributed by atoms with van der Waals surface area (Å²) in [5.74, 6) is 2.83. The lowest BCUT2D eigenvalue weighted by atomic mass is 9.87. The molecule has 0 unspecified atom stereocenters. The first-order valence-electron chi connectivity index (χ1n) is 7.98. The van der Waals surface area contributed by atoms with Gasteiger partial charge in [-0.15, -0.1) is 0 Å². The lowest BCUT2D eigenvalue weighted by molar-refractivity contribution is 0.0727. The van der Waals surface area contributed by atoms with Crippen LogP contribution in [0, 0.1) is 31.1 Å². The van der Waals surface area contributed by atoms with Crippen LogP contribution in [0.15, 0.2) is 0 Å². The number of methoxy groups -OCH3 is 1. The highest BCUT2D eigenvalue weighted by molar-refractivity contribution is 7.99. The Morgan fingerprint density at radius 1 is 1.48 bits per heavy atom. The molecule has 0 spiro atoms. The minimum Gasteiger partial charge on any atom is -0.383 e. The van der Waals surface area contributed by atoms with Crippen LogP contribution in [0.3, 0.4) is 0 Å². The summed E-state index contributed by atoms with van der Waals surface area (Å²) in [6.07, 6.45) is 12.5. The molecular formula is C17H29N2OS. The van der Waals surface area contributed by atoms with E-state index in [0.29, 0.717) is 17.3 Å². The molecule has 119 valence electrons. The maximum Gasteiger partial charge on any atom is 0.0632 e. The van der Waals surface area contributed by atoms with Gasteiger partial charge in [0.15, 0.2) is 0 Å². The molecule has 0 aromatic heterocycles. The second-order valence-corrected chi connectivity index (χ2v) is 6.98. The van der Waals surface area contributed by atoms with Crippen LogP contribution in [0.1, 0.15) is 33.1 Å². The third-order valence-electron chi connectivity index (χ3n) is 4.53. The summed E-state index contributed by atoms with van der Waals surface area (Å²) >= 11 is 1.96. The topological polar surface area (TPSA) is 24.5 Å². The van der Waals surface area contributed by atoms with Crippen LogP contribution in [0.4, 0.5) is 0 Å². The highest BCUT2D eigenvalue weighted by atomic mass is 32.2. The summed E-state index contributed by atoms with van der Waals surface area (Å²) in [7, 11) is 1.80. The Morgan fingerprint density at radius 3 is 2.86 bits per heavy atom. The lowest BCUT2D eigenvalue weighted by Crippen LogP contribution is -2.54. The predicted molar refractivity (Wildman–Crippen MR) is 91.2 cm³/mol. The number of rotatable bonds is 8. The molecule has 1 aliphatic heterocycles. The number of ether oxygens (including phenoxy) is 1. The van der Waals surface area contributed by atoms with Crippen molar-refractivity contribution in [2.75, 3.05) is 26.5 Å². The first-order chi connectivity index (χ1) is 10.2. The number of nitrogens with zero attached hydrogens (tertiary/aromatic N) is 1. The van der Waals surface area contributed by atoms with Gasteiger partial charge in [-0.2, -0.15) is 11.8 Å². The second-order valence-electron chi connectivity index (χ2n) is 5.90. The zero-order chi connectivity index (χ0) is 15.2. The fourth-order valence-electron chi connectivity index (χ4n) is 3.31. The fraction of sp³-hybridized carbons (Fsp3) is 0.706. The van der Waals surface area contributed by atoms with Gasteiger partial charge >= 0.3 is 0 Å². The summed E-state index contributed by atoms with van der Waals surface area (Å²) in [6, 6.07) is 0.893. The molecule has 1 aliphatic carbocycles. The van der Waals surface area contributed by atoms with E-state index in [1.54, 1.807) is 7.11 Å². The predicted octanol–water partition coefficient (Wildman–Crippen LogP) is 2.91. The maximum absolute atomic E-state index is 5.38. The average Bonchev–Trinajstić information content (AvgIpc) is 3.09. The van der Waals surface area contributed by atoms with E-state index in [4.69, 9.17) is 4.74 Å². The smallest absolute Gasteiger partial charge is 0.0632 e. The van der Waals surface area contributed by atoms with E-state index in [1.807, 2.05) is 11.8 Å². The van der Waals surface area contributed by atoms with E-state index in [9.17, 15) is 0 Å². The van der Waals surface area contributed by atoms with Gasteiger partial charge in [-0.1, -0.05) is 13.8 Å². The number of thioether (sulfide) groups is 1. The van der Waals surface area contributed by atoms with E-state index >= 15 is 0 Å². The zero-order valence-electron chi connectivity index (χ0n) is 13.8. The maximum atomic E-state index is 5.38. The van der Waals surface area contributed by atoms with Crippen LogP contribution in [0.5, 0.6) is 0 Å². The van der Waals surface area contributed by atoms with Crippen molar-refractivity contribution in [1.82, 2.24) is 10.4 Å². The second kappa shape index (κ2) is 8.76. The minimum absolute atomic E-state index is 0.387. The lowest BCUT2D eigenvalue weighted by Gasteiger charge is -2.38. The molecule has 0 aromatic rings. The molecule has 1 saturated heterocycles. The minimum atomic E-state index is 0.387. The van der Waals surface area contributed by atoms with Gasteiger partial charge in [0.25, 0.3) is 0 Å². The Bertz CT molecular complexity index is 299. The molecule has 1 saturated carbocycles. The molecule has 1 N–H and O–H groups in total. The van der Waals surface area contributed by atoms with E-state index in [0.717, 1.165) is 13.2 Å². The van der Waals surface area contributed by atoms with Gasteiger partial charge in [0, 0.05) is 36.9 Å². The monoisotopic (exact) mass is 309 g/mol. The fourth-order valence-corrected chi connectivity index (χ4v) is 4.13. The largest absolute Gasteiger partial charge is 0.383 e. The molecule has 3 atom stereocenters. The molecule has 0 aromatic carbocycles. The molecule has 21 heavy (non-hydrogen) atoms. The van der Waals surface area contributed by atoms with Crippen molar-refractivity contribution in [3.63, 3.8) is 0 Å². The Hall–Kier alpha value is 0.230. The van der Waals surface area contributed by atoms with Crippen molar-refractivity contribution in [2.24, 2.45) is 0 Å². The van der Waals surface area contributed by atoms with Crippen LogP contribution in [0.25, 0.3) is 0 Å². The van der Waals surface area contributed by atoms with Gasteiger partial charge < -0.3 is 4.74 Å². The Morgan fingerprint density at radius 2 is 2.29 bits per heavy atom. The number of hydrogen-bond donors (Lipinski definition) is 1. The van der Waals surface area contributed by atoms with Crippen LogP contribution in [-0.2, 0) is 4.74 Å². The van der Waals surface area contributed by atoms with Crippen molar-refractivity contribution in [3.05, 3.63) is 31.1 Å². The molecule has 0 amide bonds. The summed E-state index contributed by atoms with van der Waals surface area (Å²) in [4.78, 5) is 0. The van der Waals surface area contributed by atoms with Gasteiger partial charge in [0.1, 0.15) is 0 Å². The van der Waals surface area contributed by atoms with Crippen molar-refractivity contribution >= 4 is 11.8 Å². The van der Waals surface area contributed by atoms with E-state index in [-0.39, 0.29) is 0 Å². The van der Waals surface area contributed by atoms with Crippen LogP contribution >= 0.6 is 11.8 Å². The summed E-state index contributed by atoms with van der Waals surface area (Å²) in [5, 5.41) is 3.01. The molecule has 3 nitrogen and oxygen atoms in total. The Kier molecular flexibility index (Phi) is 7.33. The van der Waals surface area contributed by atoms with E-state index < -0.39 is 0 Å². The number of nitrogens with one attached hydrogen (secondary N) is 1. The average molecular weight is 309 g/mol. The highest BCUT2D eigenvalue weighted by Gasteiger charge is 2.38. The summed E-state index contributed by atoms with van der Waals surface area (Å²) < 4.78 is 5.38. The first kappa shape index (κ1) is 17.6. The molecule has 2 fully saturated rings. The highest BCUT2D eigenvalue weighted by Crippen LogP contribution is 2.39. The Balaban J connectivity index is 2.04. The van der Waals surface area contributed by atoms with Crippen molar-refractivity contribution in [2.45, 2.75) is 50.4 Å².